The van der Waals surface area contributed by atoms with Gasteiger partial charge in [-0.2, -0.15) is 0 Å². The lowest BCUT2D eigenvalue weighted by Gasteiger charge is -2.30. The molecule has 0 unspecified atom stereocenters. The van der Waals surface area contributed by atoms with Crippen LogP contribution in [0.3, 0.4) is 0 Å². The van der Waals surface area contributed by atoms with E-state index in [0.29, 0.717) is 5.69 Å². The average Bonchev–Trinajstić information content (AvgIpc) is 2.71. The summed E-state index contributed by atoms with van der Waals surface area (Å²) in [5.74, 6) is -1.62. The normalized spacial score (nSPS) is 16.3. The quantitative estimate of drug-likeness (QED) is 0.652. The number of anilines is 3. The van der Waals surface area contributed by atoms with Crippen LogP contribution in [-0.2, 0) is 0 Å². The van der Waals surface area contributed by atoms with Crippen molar-refractivity contribution in [3.8, 4) is 0 Å². The predicted octanol–water partition coefficient (Wildman–Crippen LogP) is 5.37. The lowest BCUT2D eigenvalue weighted by molar-refractivity contribution is 0.594. The molecule has 2 aromatic rings. The highest BCUT2D eigenvalue weighted by Crippen LogP contribution is 2.49. The third-order valence-electron chi connectivity index (χ3n) is 4.68. The number of hydrogen-bond donors (Lipinski definition) is 0. The summed E-state index contributed by atoms with van der Waals surface area (Å²) in [5.41, 5.74) is 4.39. The molecule has 5 heteroatoms. The predicted molar refractivity (Wildman–Crippen MR) is 93.3 cm³/mol. The van der Waals surface area contributed by atoms with Crippen LogP contribution in [0.25, 0.3) is 4.85 Å². The third kappa shape index (κ3) is 2.14. The van der Waals surface area contributed by atoms with Crippen molar-refractivity contribution < 1.29 is 8.78 Å². The van der Waals surface area contributed by atoms with Gasteiger partial charge in [0.2, 0.25) is 0 Å². The highest BCUT2D eigenvalue weighted by Gasteiger charge is 2.37. The second-order valence-corrected chi connectivity index (χ2v) is 6.36. The fourth-order valence-corrected chi connectivity index (χ4v) is 3.63. The molecule has 0 amide bonds. The number of hydrogen-bond acceptors (Lipinski definition) is 2. The van der Waals surface area contributed by atoms with Gasteiger partial charge in [0.05, 0.1) is 17.9 Å². The Hall–Kier alpha value is -2.61. The number of benzene rings is 2. The molecule has 2 aromatic carbocycles. The highest BCUT2D eigenvalue weighted by atomic mass is 19.1. The topological polar surface area (TPSA) is 10.8 Å². The molecule has 0 N–H and O–H groups in total. The summed E-state index contributed by atoms with van der Waals surface area (Å²) in [6.45, 7) is 15.0. The maximum atomic E-state index is 14.7. The van der Waals surface area contributed by atoms with Gasteiger partial charge < -0.3 is 9.80 Å². The van der Waals surface area contributed by atoms with Gasteiger partial charge in [-0.15, -0.1) is 0 Å². The van der Waals surface area contributed by atoms with E-state index in [1.54, 1.807) is 11.9 Å². The molecule has 1 aliphatic heterocycles. The van der Waals surface area contributed by atoms with E-state index in [4.69, 9.17) is 6.57 Å². The van der Waals surface area contributed by atoms with Crippen molar-refractivity contribution in [2.24, 2.45) is 0 Å². The lowest BCUT2D eigenvalue weighted by atomic mass is 10.0. The summed E-state index contributed by atoms with van der Waals surface area (Å²) in [5, 5.41) is 0. The van der Waals surface area contributed by atoms with Crippen LogP contribution >= 0.6 is 0 Å². The van der Waals surface area contributed by atoms with Crippen molar-refractivity contribution in [1.29, 1.82) is 0 Å². The second-order valence-electron chi connectivity index (χ2n) is 6.36. The molecule has 3 nitrogen and oxygen atoms in total. The Kier molecular flexibility index (Phi) is 3.71. The lowest BCUT2D eigenvalue weighted by Crippen LogP contribution is -2.36. The zero-order valence-electron chi connectivity index (χ0n) is 14.4. The molecule has 0 saturated heterocycles. The molecule has 3 rings (SSSR count). The van der Waals surface area contributed by atoms with Gasteiger partial charge in [0, 0.05) is 12.7 Å². The number of nitrogens with zero attached hydrogens (tertiary/aromatic N) is 3. The Balaban J connectivity index is 2.31. The molecule has 1 aliphatic rings. The van der Waals surface area contributed by atoms with Crippen molar-refractivity contribution in [2.75, 3.05) is 16.8 Å². The van der Waals surface area contributed by atoms with E-state index in [9.17, 15) is 8.78 Å². The summed E-state index contributed by atoms with van der Waals surface area (Å²) in [4.78, 5) is 6.70. The van der Waals surface area contributed by atoms with Gasteiger partial charge in [0.25, 0.3) is 5.69 Å². The first-order valence-corrected chi connectivity index (χ1v) is 7.77. The molecule has 0 aromatic heterocycles. The maximum Gasteiger partial charge on any atom is 0.259 e. The molecule has 0 spiro atoms. The van der Waals surface area contributed by atoms with Crippen LogP contribution in [0, 0.1) is 39.0 Å². The molecule has 24 heavy (non-hydrogen) atoms. The third-order valence-corrected chi connectivity index (χ3v) is 4.68. The van der Waals surface area contributed by atoms with Crippen molar-refractivity contribution >= 4 is 22.7 Å². The van der Waals surface area contributed by atoms with Crippen molar-refractivity contribution in [3.05, 3.63) is 57.9 Å². The van der Waals surface area contributed by atoms with Gasteiger partial charge in [-0.3, -0.25) is 0 Å². The Morgan fingerprint density at radius 1 is 1.04 bits per heavy atom. The van der Waals surface area contributed by atoms with Crippen LogP contribution in [0.15, 0.2) is 18.2 Å². The second kappa shape index (κ2) is 5.48. The van der Waals surface area contributed by atoms with Gasteiger partial charge >= 0.3 is 0 Å². The van der Waals surface area contributed by atoms with Crippen LogP contribution in [-0.4, -0.2) is 13.2 Å². The van der Waals surface area contributed by atoms with E-state index in [2.05, 4.69) is 17.0 Å². The van der Waals surface area contributed by atoms with Crippen LogP contribution in [0.1, 0.15) is 23.6 Å². The number of aryl methyl sites for hydroxylation is 3. The number of rotatable bonds is 1. The van der Waals surface area contributed by atoms with Crippen LogP contribution in [0.4, 0.5) is 31.5 Å². The maximum absolute atomic E-state index is 14.7. The van der Waals surface area contributed by atoms with Crippen molar-refractivity contribution in [1.82, 2.24) is 0 Å². The summed E-state index contributed by atoms with van der Waals surface area (Å²) in [6.07, 6.45) is -0.185. The summed E-state index contributed by atoms with van der Waals surface area (Å²) in [6, 6.07) is 5.39. The Morgan fingerprint density at radius 3 is 2.17 bits per heavy atom. The van der Waals surface area contributed by atoms with E-state index in [1.807, 2.05) is 32.6 Å². The standard InChI is InChI=1S/C19H19F2N3/c1-10-7-11(2)18(12(3)8-10)24-13(4)23(6)19-15(24)9-14(20)17(22-5)16(19)21/h7-9,13H,1-4,6H3/t13-/m0/s1. The average molecular weight is 327 g/mol. The van der Waals surface area contributed by atoms with E-state index >= 15 is 0 Å². The van der Waals surface area contributed by atoms with Crippen molar-refractivity contribution in [2.45, 2.75) is 33.9 Å². The molecule has 0 aliphatic carbocycles. The van der Waals surface area contributed by atoms with E-state index < -0.39 is 17.3 Å². The summed E-state index contributed by atoms with van der Waals surface area (Å²) >= 11 is 0. The Bertz CT molecular complexity index is 860. The van der Waals surface area contributed by atoms with Crippen molar-refractivity contribution in [3.63, 3.8) is 0 Å². The Morgan fingerprint density at radius 2 is 1.62 bits per heavy atom. The monoisotopic (exact) mass is 327 g/mol. The zero-order chi connectivity index (χ0) is 17.8. The number of fused-ring (bicyclic) bond motifs is 1. The van der Waals surface area contributed by atoms with Gasteiger partial charge in [0.1, 0.15) is 12.0 Å². The van der Waals surface area contributed by atoms with E-state index in [0.717, 1.165) is 22.4 Å². The molecule has 124 valence electrons. The Labute approximate surface area is 140 Å². The first kappa shape index (κ1) is 16.3. The minimum Gasteiger partial charge on any atom is -0.351 e. The molecule has 1 atom stereocenters. The van der Waals surface area contributed by atoms with Crippen LogP contribution in [0.2, 0.25) is 0 Å². The number of halogens is 2. The molecule has 1 heterocycles. The summed E-state index contributed by atoms with van der Waals surface area (Å²) < 4.78 is 28.9. The van der Waals surface area contributed by atoms with Crippen LogP contribution < -0.4 is 9.80 Å². The minimum absolute atomic E-state index is 0.185. The fraction of sp³-hybridized carbons (Fsp3) is 0.316. The SMILES string of the molecule is [C-]#[N+]c1c(F)cc2c(c1F)N(C)[C@H](C)N2c1c(C)cc(C)cc1C. The summed E-state index contributed by atoms with van der Waals surface area (Å²) in [7, 11) is 1.76. The molecular formula is C19H19F2N3. The first-order valence-electron chi connectivity index (χ1n) is 7.77. The van der Waals surface area contributed by atoms with Gasteiger partial charge in [-0.1, -0.05) is 17.7 Å². The largest absolute Gasteiger partial charge is 0.351 e. The molecule has 0 radical (unpaired) electrons. The molecule has 0 fully saturated rings. The molecule has 0 bridgehead atoms. The van der Waals surface area contributed by atoms with E-state index in [1.165, 1.54) is 6.07 Å². The van der Waals surface area contributed by atoms with Gasteiger partial charge in [-0.25, -0.2) is 13.6 Å². The van der Waals surface area contributed by atoms with Crippen LogP contribution in [0.5, 0.6) is 0 Å². The fourth-order valence-electron chi connectivity index (χ4n) is 3.63. The highest BCUT2D eigenvalue weighted by molar-refractivity contribution is 5.88. The molecular weight excluding hydrogens is 308 g/mol. The first-order chi connectivity index (χ1) is 11.3. The van der Waals surface area contributed by atoms with Gasteiger partial charge in [-0.05, 0) is 44.9 Å². The van der Waals surface area contributed by atoms with Gasteiger partial charge in [0.15, 0.2) is 5.82 Å². The minimum atomic E-state index is -0.823. The zero-order valence-corrected chi connectivity index (χ0v) is 14.4. The smallest absolute Gasteiger partial charge is 0.259 e. The molecule has 0 saturated carbocycles. The van der Waals surface area contributed by atoms with E-state index in [-0.39, 0.29) is 11.9 Å².